The molecular formula is C15H28O2. The Morgan fingerprint density at radius 2 is 1.65 bits per heavy atom. The molecule has 0 heterocycles. The second-order valence-electron chi connectivity index (χ2n) is 6.52. The minimum absolute atomic E-state index is 0.0619. The van der Waals surface area contributed by atoms with Crippen LogP contribution in [0.15, 0.2) is 0 Å². The Labute approximate surface area is 106 Å². The second kappa shape index (κ2) is 6.42. The van der Waals surface area contributed by atoms with Crippen LogP contribution in [0.5, 0.6) is 0 Å². The molecule has 0 N–H and O–H groups in total. The fourth-order valence-corrected chi connectivity index (χ4v) is 2.51. The molecule has 0 bridgehead atoms. The normalized spacial score (nSPS) is 25.6. The molecule has 17 heavy (non-hydrogen) atoms. The van der Waals surface area contributed by atoms with E-state index in [4.69, 9.17) is 4.74 Å². The molecule has 0 radical (unpaired) electrons. The van der Waals surface area contributed by atoms with Gasteiger partial charge in [-0.1, -0.05) is 32.6 Å². The summed E-state index contributed by atoms with van der Waals surface area (Å²) in [5.41, 5.74) is -0.362. The highest BCUT2D eigenvalue weighted by Crippen LogP contribution is 2.31. The van der Waals surface area contributed by atoms with Gasteiger partial charge in [0, 0.05) is 0 Å². The molecule has 2 nitrogen and oxygen atoms in total. The first-order chi connectivity index (χ1) is 7.93. The molecule has 0 saturated heterocycles. The van der Waals surface area contributed by atoms with E-state index in [0.29, 0.717) is 12.5 Å². The summed E-state index contributed by atoms with van der Waals surface area (Å²) < 4.78 is 5.40. The number of rotatable bonds is 4. The van der Waals surface area contributed by atoms with Gasteiger partial charge in [-0.05, 0) is 45.4 Å². The summed E-state index contributed by atoms with van der Waals surface area (Å²) in [6, 6.07) is 0. The van der Waals surface area contributed by atoms with Crippen LogP contribution in [0, 0.1) is 17.3 Å². The summed E-state index contributed by atoms with van der Waals surface area (Å²) in [5.74, 6) is 1.47. The quantitative estimate of drug-likeness (QED) is 0.689. The highest BCUT2D eigenvalue weighted by molar-refractivity contribution is 5.75. The molecule has 0 spiro atoms. The molecule has 1 saturated carbocycles. The van der Waals surface area contributed by atoms with Crippen molar-refractivity contribution in [3.05, 3.63) is 0 Å². The van der Waals surface area contributed by atoms with Crippen LogP contribution in [0.1, 0.15) is 66.2 Å². The van der Waals surface area contributed by atoms with Crippen molar-refractivity contribution in [1.29, 1.82) is 0 Å². The Morgan fingerprint density at radius 1 is 1.12 bits per heavy atom. The Hall–Kier alpha value is -0.530. The van der Waals surface area contributed by atoms with Crippen molar-refractivity contribution in [1.82, 2.24) is 0 Å². The van der Waals surface area contributed by atoms with Crippen molar-refractivity contribution in [3.8, 4) is 0 Å². The summed E-state index contributed by atoms with van der Waals surface area (Å²) in [7, 11) is 0. The van der Waals surface area contributed by atoms with E-state index >= 15 is 0 Å². The van der Waals surface area contributed by atoms with Crippen LogP contribution in [0.25, 0.3) is 0 Å². The highest BCUT2D eigenvalue weighted by Gasteiger charge is 2.26. The lowest BCUT2D eigenvalue weighted by atomic mass is 9.80. The molecule has 1 aliphatic carbocycles. The van der Waals surface area contributed by atoms with Crippen LogP contribution in [-0.2, 0) is 9.53 Å². The summed E-state index contributed by atoms with van der Waals surface area (Å²) >= 11 is 0. The molecule has 0 unspecified atom stereocenters. The molecule has 0 atom stereocenters. The minimum Gasteiger partial charge on any atom is -0.465 e. The van der Waals surface area contributed by atoms with Gasteiger partial charge in [-0.3, -0.25) is 4.79 Å². The van der Waals surface area contributed by atoms with Crippen molar-refractivity contribution in [2.24, 2.45) is 17.3 Å². The second-order valence-corrected chi connectivity index (χ2v) is 6.52. The van der Waals surface area contributed by atoms with Crippen LogP contribution >= 0.6 is 0 Å². The lowest BCUT2D eigenvalue weighted by Gasteiger charge is -2.28. The maximum Gasteiger partial charge on any atom is 0.311 e. The zero-order valence-electron chi connectivity index (χ0n) is 11.9. The van der Waals surface area contributed by atoms with E-state index < -0.39 is 0 Å². The van der Waals surface area contributed by atoms with Gasteiger partial charge in [0.1, 0.15) is 0 Å². The SMILES string of the molecule is CCC[C@H]1CC[C@H](COC(=O)C(C)(C)C)CC1. The number of hydrogen-bond acceptors (Lipinski definition) is 2. The number of esters is 1. The molecule has 0 aromatic heterocycles. The standard InChI is InChI=1S/C15H28O2/c1-5-6-12-7-9-13(10-8-12)11-17-14(16)15(2,3)4/h12-13H,5-11H2,1-4H3/t12-,13-. The lowest BCUT2D eigenvalue weighted by molar-refractivity contribution is -0.154. The van der Waals surface area contributed by atoms with Crippen molar-refractivity contribution in [3.63, 3.8) is 0 Å². The van der Waals surface area contributed by atoms with Gasteiger partial charge in [-0.15, -0.1) is 0 Å². The van der Waals surface area contributed by atoms with E-state index in [0.717, 1.165) is 5.92 Å². The maximum absolute atomic E-state index is 11.7. The van der Waals surface area contributed by atoms with Gasteiger partial charge in [-0.25, -0.2) is 0 Å². The molecule has 100 valence electrons. The monoisotopic (exact) mass is 240 g/mol. The van der Waals surface area contributed by atoms with E-state index in [1.165, 1.54) is 38.5 Å². The van der Waals surface area contributed by atoms with E-state index in [1.54, 1.807) is 0 Å². The fraction of sp³-hybridized carbons (Fsp3) is 0.933. The molecule has 0 aromatic rings. The van der Waals surface area contributed by atoms with Gasteiger partial charge in [0.15, 0.2) is 0 Å². The van der Waals surface area contributed by atoms with Gasteiger partial charge in [0.05, 0.1) is 12.0 Å². The maximum atomic E-state index is 11.7. The van der Waals surface area contributed by atoms with Gasteiger partial charge >= 0.3 is 5.97 Å². The van der Waals surface area contributed by atoms with Crippen LogP contribution in [0.4, 0.5) is 0 Å². The minimum atomic E-state index is -0.362. The van der Waals surface area contributed by atoms with Crippen molar-refractivity contribution < 1.29 is 9.53 Å². The number of ether oxygens (including phenoxy) is 1. The van der Waals surface area contributed by atoms with Gasteiger partial charge in [0.25, 0.3) is 0 Å². The van der Waals surface area contributed by atoms with Gasteiger partial charge in [-0.2, -0.15) is 0 Å². The summed E-state index contributed by atoms with van der Waals surface area (Å²) in [4.78, 5) is 11.7. The zero-order chi connectivity index (χ0) is 12.9. The number of carbonyl (C=O) groups excluding carboxylic acids is 1. The topological polar surface area (TPSA) is 26.3 Å². The van der Waals surface area contributed by atoms with Crippen molar-refractivity contribution >= 4 is 5.97 Å². The molecule has 0 aliphatic heterocycles. The molecule has 1 fully saturated rings. The van der Waals surface area contributed by atoms with E-state index in [2.05, 4.69) is 6.92 Å². The average Bonchev–Trinajstić information content (AvgIpc) is 2.27. The smallest absolute Gasteiger partial charge is 0.311 e. The first kappa shape index (κ1) is 14.5. The molecule has 0 amide bonds. The molecule has 1 rings (SSSR count). The van der Waals surface area contributed by atoms with E-state index in [1.807, 2.05) is 20.8 Å². The Kier molecular flexibility index (Phi) is 5.48. The van der Waals surface area contributed by atoms with Crippen LogP contribution in [0.2, 0.25) is 0 Å². The largest absolute Gasteiger partial charge is 0.465 e. The molecule has 2 heteroatoms. The first-order valence-corrected chi connectivity index (χ1v) is 7.10. The lowest BCUT2D eigenvalue weighted by Crippen LogP contribution is -2.27. The summed E-state index contributed by atoms with van der Waals surface area (Å²) in [5, 5.41) is 0. The average molecular weight is 240 g/mol. The molecular weight excluding hydrogens is 212 g/mol. The fourth-order valence-electron chi connectivity index (χ4n) is 2.51. The first-order valence-electron chi connectivity index (χ1n) is 7.10. The van der Waals surface area contributed by atoms with Gasteiger partial charge in [0.2, 0.25) is 0 Å². The predicted octanol–water partition coefficient (Wildman–Crippen LogP) is 4.18. The van der Waals surface area contributed by atoms with Crippen LogP contribution in [-0.4, -0.2) is 12.6 Å². The number of hydrogen-bond donors (Lipinski definition) is 0. The number of carbonyl (C=O) groups is 1. The Bertz CT molecular complexity index is 232. The summed E-state index contributed by atoms with van der Waals surface area (Å²) in [6.45, 7) is 8.63. The zero-order valence-corrected chi connectivity index (χ0v) is 11.9. The Morgan fingerprint density at radius 3 is 2.12 bits per heavy atom. The van der Waals surface area contributed by atoms with Crippen LogP contribution < -0.4 is 0 Å². The third-order valence-corrected chi connectivity index (χ3v) is 3.73. The third-order valence-electron chi connectivity index (χ3n) is 3.73. The summed E-state index contributed by atoms with van der Waals surface area (Å²) in [6.07, 6.45) is 7.80. The van der Waals surface area contributed by atoms with Crippen molar-refractivity contribution in [2.75, 3.05) is 6.61 Å². The van der Waals surface area contributed by atoms with E-state index in [9.17, 15) is 4.79 Å². The van der Waals surface area contributed by atoms with Gasteiger partial charge < -0.3 is 4.74 Å². The highest BCUT2D eigenvalue weighted by atomic mass is 16.5. The van der Waals surface area contributed by atoms with E-state index in [-0.39, 0.29) is 11.4 Å². The third kappa shape index (κ3) is 5.10. The van der Waals surface area contributed by atoms with Crippen molar-refractivity contribution in [2.45, 2.75) is 66.2 Å². The molecule has 1 aliphatic rings. The molecule has 0 aromatic carbocycles. The van der Waals surface area contributed by atoms with Crippen LogP contribution in [0.3, 0.4) is 0 Å². The Balaban J connectivity index is 2.21. The predicted molar refractivity (Wildman–Crippen MR) is 70.8 cm³/mol.